The molecule has 1 aromatic heterocycles. The summed E-state index contributed by atoms with van der Waals surface area (Å²) in [6.45, 7) is 2.68. The highest BCUT2D eigenvalue weighted by molar-refractivity contribution is 9.10. The number of aromatic nitrogens is 1. The largest absolute Gasteiger partial charge is 0.481 e. The van der Waals surface area contributed by atoms with Crippen LogP contribution >= 0.6 is 15.9 Å². The molecular formula is C10H13BrN2O2. The van der Waals surface area contributed by atoms with Crippen molar-refractivity contribution in [1.82, 2.24) is 10.3 Å². The van der Waals surface area contributed by atoms with Crippen molar-refractivity contribution in [3.05, 3.63) is 28.5 Å². The number of halogens is 1. The van der Waals surface area contributed by atoms with E-state index in [1.165, 1.54) is 0 Å². The summed E-state index contributed by atoms with van der Waals surface area (Å²) in [6.07, 6.45) is 1.73. The van der Waals surface area contributed by atoms with Crippen LogP contribution in [-0.4, -0.2) is 22.6 Å². The van der Waals surface area contributed by atoms with E-state index in [1.807, 2.05) is 19.1 Å². The minimum absolute atomic E-state index is 0.0737. The van der Waals surface area contributed by atoms with Gasteiger partial charge in [0.1, 0.15) is 4.60 Å². The molecule has 1 heterocycles. The maximum atomic E-state index is 10.7. The summed E-state index contributed by atoms with van der Waals surface area (Å²) in [5.41, 5.74) is 0.932. The van der Waals surface area contributed by atoms with Gasteiger partial charge in [-0.2, -0.15) is 0 Å². The minimum atomic E-state index is -0.811. The fourth-order valence-electron chi connectivity index (χ4n) is 1.36. The molecule has 0 fully saturated rings. The summed E-state index contributed by atoms with van der Waals surface area (Å²) in [5.74, 6) is -0.811. The minimum Gasteiger partial charge on any atom is -0.481 e. The molecule has 0 aliphatic heterocycles. The average Bonchev–Trinajstić information content (AvgIpc) is 2.16. The van der Waals surface area contributed by atoms with Crippen molar-refractivity contribution in [2.75, 3.05) is 6.54 Å². The van der Waals surface area contributed by atoms with E-state index in [4.69, 9.17) is 5.11 Å². The molecule has 0 radical (unpaired) electrons. The van der Waals surface area contributed by atoms with Gasteiger partial charge in [-0.15, -0.1) is 0 Å². The third kappa shape index (κ3) is 3.97. The highest BCUT2D eigenvalue weighted by Gasteiger charge is 2.14. The van der Waals surface area contributed by atoms with Crippen molar-refractivity contribution in [3.8, 4) is 0 Å². The molecule has 0 aliphatic rings. The Morgan fingerprint density at radius 3 is 3.00 bits per heavy atom. The molecule has 0 spiro atoms. The summed E-state index contributed by atoms with van der Waals surface area (Å²) in [4.78, 5) is 14.7. The Balaban J connectivity index is 2.83. The van der Waals surface area contributed by atoms with Crippen LogP contribution in [0, 0.1) is 0 Å². The predicted molar refractivity (Wildman–Crippen MR) is 60.6 cm³/mol. The molecule has 0 aliphatic carbocycles. The number of aliphatic carboxylic acids is 1. The second-order valence-electron chi connectivity index (χ2n) is 3.12. The molecule has 0 saturated heterocycles. The standard InChI is InChI=1S/C10H13BrN2O2/c1-2-12-8(6-10(14)15)7-3-4-13-9(11)5-7/h3-5,8,12H,2,6H2,1H3,(H,14,15)/t8-/m0/s1. The fourth-order valence-corrected chi connectivity index (χ4v) is 1.75. The first-order valence-corrected chi connectivity index (χ1v) is 5.49. The van der Waals surface area contributed by atoms with E-state index in [2.05, 4.69) is 26.2 Å². The number of carboxylic acid groups (broad SMARTS) is 1. The number of hydrogen-bond acceptors (Lipinski definition) is 3. The van der Waals surface area contributed by atoms with E-state index in [0.717, 1.165) is 12.1 Å². The SMILES string of the molecule is CCN[C@@H](CC(=O)O)c1ccnc(Br)c1. The second-order valence-corrected chi connectivity index (χ2v) is 3.93. The lowest BCUT2D eigenvalue weighted by Crippen LogP contribution is -2.23. The maximum absolute atomic E-state index is 10.7. The smallest absolute Gasteiger partial charge is 0.305 e. The highest BCUT2D eigenvalue weighted by atomic mass is 79.9. The number of hydrogen-bond donors (Lipinski definition) is 2. The number of nitrogens with one attached hydrogen (secondary N) is 1. The van der Waals surface area contributed by atoms with Crippen molar-refractivity contribution in [3.63, 3.8) is 0 Å². The number of carboxylic acids is 1. The Bertz CT molecular complexity index is 344. The molecule has 1 aromatic rings. The summed E-state index contributed by atoms with van der Waals surface area (Å²) < 4.78 is 0.716. The molecule has 1 rings (SSSR count). The van der Waals surface area contributed by atoms with E-state index in [9.17, 15) is 4.79 Å². The van der Waals surface area contributed by atoms with Crippen LogP contribution in [0.15, 0.2) is 22.9 Å². The lowest BCUT2D eigenvalue weighted by atomic mass is 10.1. The number of rotatable bonds is 5. The first-order valence-electron chi connectivity index (χ1n) is 4.70. The van der Waals surface area contributed by atoms with Crippen LogP contribution in [0.5, 0.6) is 0 Å². The summed E-state index contributed by atoms with van der Waals surface area (Å²) in [5, 5.41) is 11.9. The zero-order valence-electron chi connectivity index (χ0n) is 8.40. The topological polar surface area (TPSA) is 62.2 Å². The van der Waals surface area contributed by atoms with Crippen LogP contribution < -0.4 is 5.32 Å². The third-order valence-electron chi connectivity index (χ3n) is 1.98. The zero-order valence-corrected chi connectivity index (χ0v) is 9.99. The van der Waals surface area contributed by atoms with E-state index in [0.29, 0.717) is 4.60 Å². The molecule has 0 aromatic carbocycles. The van der Waals surface area contributed by atoms with Gasteiger partial charge in [-0.1, -0.05) is 6.92 Å². The predicted octanol–water partition coefficient (Wildman–Crippen LogP) is 1.97. The summed E-state index contributed by atoms with van der Waals surface area (Å²) >= 11 is 3.26. The Morgan fingerprint density at radius 2 is 2.47 bits per heavy atom. The number of carbonyl (C=O) groups is 1. The Labute approximate surface area is 96.8 Å². The molecule has 0 amide bonds. The van der Waals surface area contributed by atoms with E-state index in [-0.39, 0.29) is 12.5 Å². The number of nitrogens with zero attached hydrogens (tertiary/aromatic N) is 1. The summed E-state index contributed by atoms with van der Waals surface area (Å²) in [6, 6.07) is 3.49. The Hall–Kier alpha value is -0.940. The normalized spacial score (nSPS) is 12.4. The van der Waals surface area contributed by atoms with Gasteiger partial charge in [-0.3, -0.25) is 4.79 Å². The van der Waals surface area contributed by atoms with Gasteiger partial charge in [0.05, 0.1) is 6.42 Å². The van der Waals surface area contributed by atoms with Crippen molar-refractivity contribution in [2.24, 2.45) is 0 Å². The van der Waals surface area contributed by atoms with Crippen LogP contribution in [-0.2, 0) is 4.79 Å². The van der Waals surface area contributed by atoms with Crippen molar-refractivity contribution in [1.29, 1.82) is 0 Å². The van der Waals surface area contributed by atoms with Gasteiger partial charge >= 0.3 is 5.97 Å². The van der Waals surface area contributed by atoms with E-state index >= 15 is 0 Å². The quantitative estimate of drug-likeness (QED) is 0.805. The fraction of sp³-hybridized carbons (Fsp3) is 0.400. The van der Waals surface area contributed by atoms with Crippen LogP contribution in [0.25, 0.3) is 0 Å². The van der Waals surface area contributed by atoms with Crippen molar-refractivity contribution in [2.45, 2.75) is 19.4 Å². The van der Waals surface area contributed by atoms with Gasteiger partial charge in [-0.25, -0.2) is 4.98 Å². The van der Waals surface area contributed by atoms with Crippen LogP contribution in [0.1, 0.15) is 24.9 Å². The zero-order chi connectivity index (χ0) is 11.3. The number of pyridine rings is 1. The van der Waals surface area contributed by atoms with Crippen LogP contribution in [0.2, 0.25) is 0 Å². The van der Waals surface area contributed by atoms with Crippen molar-refractivity contribution < 1.29 is 9.90 Å². The second kappa shape index (κ2) is 5.82. The van der Waals surface area contributed by atoms with Crippen LogP contribution in [0.4, 0.5) is 0 Å². The monoisotopic (exact) mass is 272 g/mol. The van der Waals surface area contributed by atoms with Crippen molar-refractivity contribution >= 4 is 21.9 Å². The maximum Gasteiger partial charge on any atom is 0.305 e. The Morgan fingerprint density at radius 1 is 1.73 bits per heavy atom. The molecule has 0 saturated carbocycles. The molecule has 15 heavy (non-hydrogen) atoms. The average molecular weight is 273 g/mol. The third-order valence-corrected chi connectivity index (χ3v) is 2.42. The van der Waals surface area contributed by atoms with Crippen LogP contribution in [0.3, 0.4) is 0 Å². The molecule has 0 bridgehead atoms. The molecular weight excluding hydrogens is 260 g/mol. The molecule has 0 unspecified atom stereocenters. The molecule has 1 atom stereocenters. The molecule has 4 nitrogen and oxygen atoms in total. The first kappa shape index (κ1) is 12.1. The lowest BCUT2D eigenvalue weighted by Gasteiger charge is -2.15. The summed E-state index contributed by atoms with van der Waals surface area (Å²) in [7, 11) is 0. The molecule has 82 valence electrons. The molecule has 5 heteroatoms. The van der Waals surface area contributed by atoms with Gasteiger partial charge in [0.2, 0.25) is 0 Å². The lowest BCUT2D eigenvalue weighted by molar-refractivity contribution is -0.137. The van der Waals surface area contributed by atoms with Gasteiger partial charge in [-0.05, 0) is 40.2 Å². The van der Waals surface area contributed by atoms with Gasteiger partial charge in [0, 0.05) is 12.2 Å². The Kier molecular flexibility index (Phi) is 4.71. The highest BCUT2D eigenvalue weighted by Crippen LogP contribution is 2.19. The molecule has 2 N–H and O–H groups in total. The van der Waals surface area contributed by atoms with E-state index in [1.54, 1.807) is 6.20 Å². The van der Waals surface area contributed by atoms with Gasteiger partial charge in [0.15, 0.2) is 0 Å². The van der Waals surface area contributed by atoms with E-state index < -0.39 is 5.97 Å². The first-order chi connectivity index (χ1) is 7.13. The van der Waals surface area contributed by atoms with Gasteiger partial charge in [0.25, 0.3) is 0 Å². The van der Waals surface area contributed by atoms with Gasteiger partial charge < -0.3 is 10.4 Å².